The first kappa shape index (κ1) is 16.4. The van der Waals surface area contributed by atoms with E-state index < -0.39 is 21.4 Å². The lowest BCUT2D eigenvalue weighted by molar-refractivity contribution is 0.0980. The van der Waals surface area contributed by atoms with Crippen molar-refractivity contribution in [2.45, 2.75) is 26.3 Å². The van der Waals surface area contributed by atoms with Crippen molar-refractivity contribution >= 4 is 15.9 Å². The van der Waals surface area contributed by atoms with Crippen LogP contribution in [0, 0.1) is 6.92 Å². The van der Waals surface area contributed by atoms with E-state index in [0.29, 0.717) is 12.1 Å². The first-order chi connectivity index (χ1) is 11.2. The first-order valence-electron chi connectivity index (χ1n) is 7.41. The molecule has 2 aromatic heterocycles. The van der Waals surface area contributed by atoms with Crippen LogP contribution < -0.4 is 10.2 Å². The van der Waals surface area contributed by atoms with Crippen LogP contribution in [-0.2, 0) is 16.4 Å². The number of sulfonamides is 1. The van der Waals surface area contributed by atoms with Crippen molar-refractivity contribution < 1.29 is 13.2 Å². The zero-order valence-electron chi connectivity index (χ0n) is 13.5. The lowest BCUT2D eigenvalue weighted by Crippen LogP contribution is -2.34. The number of hydrogen-bond acceptors (Lipinski definition) is 5. The van der Waals surface area contributed by atoms with Crippen molar-refractivity contribution in [2.24, 2.45) is 0 Å². The van der Waals surface area contributed by atoms with Gasteiger partial charge in [0.05, 0.1) is 17.6 Å². The monoisotopic (exact) mass is 347 g/mol. The second kappa shape index (κ2) is 5.55. The summed E-state index contributed by atoms with van der Waals surface area (Å²) in [6.45, 7) is 3.84. The summed E-state index contributed by atoms with van der Waals surface area (Å²) in [4.78, 5) is 28.9. The maximum absolute atomic E-state index is 12.3. The number of rotatable bonds is 2. The highest BCUT2D eigenvalue weighted by molar-refractivity contribution is 7.89. The molecule has 8 heteroatoms. The zero-order chi connectivity index (χ0) is 17.6. The molecule has 0 aliphatic carbocycles. The fourth-order valence-corrected chi connectivity index (χ4v) is 3.33. The highest BCUT2D eigenvalue weighted by Gasteiger charge is 2.25. The van der Waals surface area contributed by atoms with Crippen LogP contribution in [0.2, 0.25) is 0 Å². The predicted molar refractivity (Wildman–Crippen MR) is 89.4 cm³/mol. The Morgan fingerprint density at radius 2 is 2.08 bits per heavy atom. The minimum absolute atomic E-state index is 0.0161. The van der Waals surface area contributed by atoms with Crippen molar-refractivity contribution in [1.29, 1.82) is 0 Å². The molecule has 126 valence electrons. The number of nitrogens with zero attached hydrogens (tertiary/aromatic N) is 2. The second-order valence-electron chi connectivity index (χ2n) is 6.06. The Morgan fingerprint density at radius 1 is 1.38 bits per heavy atom. The average Bonchev–Trinajstić information content (AvgIpc) is 2.46. The summed E-state index contributed by atoms with van der Waals surface area (Å²) in [6.07, 6.45) is 2.99. The smallest absolute Gasteiger partial charge is 0.270 e. The quantitative estimate of drug-likeness (QED) is 0.875. The highest BCUT2D eigenvalue weighted by atomic mass is 32.2. The molecule has 0 radical (unpaired) electrons. The van der Waals surface area contributed by atoms with Crippen LogP contribution in [0.5, 0.6) is 0 Å². The van der Waals surface area contributed by atoms with Gasteiger partial charge in [-0.15, -0.1) is 0 Å². The molecular weight excluding hydrogens is 330 g/mol. The third-order valence-corrected chi connectivity index (χ3v) is 4.51. The number of fused-ring (bicyclic) bond motifs is 3. The number of carbonyl (C=O) groups excluding carboxylic acids is 1. The van der Waals surface area contributed by atoms with Gasteiger partial charge in [0.1, 0.15) is 5.56 Å². The molecule has 0 saturated heterocycles. The SMILES string of the molecule is Cc1ccc2c(n1)-c1cc(=O)c(C(=O)NS(C)(=O)=O)cn1[C@H](C)C2. The van der Waals surface area contributed by atoms with Crippen molar-refractivity contribution in [1.82, 2.24) is 14.3 Å². The number of amides is 1. The summed E-state index contributed by atoms with van der Waals surface area (Å²) in [5.41, 5.74) is 2.49. The van der Waals surface area contributed by atoms with E-state index in [1.54, 1.807) is 4.57 Å². The standard InChI is InChI=1S/C16H17N3O4S/c1-9-4-5-11-6-10(2)19-8-12(16(21)18-24(3,22)23)14(20)7-13(19)15(11)17-9/h4-5,7-8,10H,6H2,1-3H3,(H,18,21)/t10-/m1/s1. The summed E-state index contributed by atoms with van der Waals surface area (Å²) in [5, 5.41) is 0. The first-order valence-corrected chi connectivity index (χ1v) is 9.30. The van der Waals surface area contributed by atoms with Crippen LogP contribution in [-0.4, -0.2) is 30.1 Å². The van der Waals surface area contributed by atoms with Crippen LogP contribution in [0.25, 0.3) is 11.4 Å². The molecule has 0 saturated carbocycles. The molecule has 1 atom stereocenters. The molecule has 3 rings (SSSR count). The van der Waals surface area contributed by atoms with Gasteiger partial charge in [0.15, 0.2) is 5.43 Å². The highest BCUT2D eigenvalue weighted by Crippen LogP contribution is 2.32. The average molecular weight is 347 g/mol. The van der Waals surface area contributed by atoms with Gasteiger partial charge in [-0.2, -0.15) is 0 Å². The normalized spacial score (nSPS) is 16.2. The molecule has 3 heterocycles. The third kappa shape index (κ3) is 2.96. The van der Waals surface area contributed by atoms with E-state index in [1.807, 2.05) is 30.7 Å². The van der Waals surface area contributed by atoms with Crippen molar-refractivity contribution in [2.75, 3.05) is 6.26 Å². The predicted octanol–water partition coefficient (Wildman–Crippen LogP) is 1.03. The molecule has 0 unspecified atom stereocenters. The van der Waals surface area contributed by atoms with E-state index in [-0.39, 0.29) is 11.6 Å². The molecule has 7 nitrogen and oxygen atoms in total. The van der Waals surface area contributed by atoms with E-state index in [1.165, 1.54) is 12.3 Å². The molecule has 0 bridgehead atoms. The van der Waals surface area contributed by atoms with E-state index >= 15 is 0 Å². The molecule has 0 aromatic carbocycles. The Kier molecular flexibility index (Phi) is 3.79. The molecule has 1 N–H and O–H groups in total. The van der Waals surface area contributed by atoms with E-state index in [2.05, 4.69) is 4.98 Å². The summed E-state index contributed by atoms with van der Waals surface area (Å²) in [7, 11) is -3.74. The van der Waals surface area contributed by atoms with Gasteiger partial charge in [-0.25, -0.2) is 13.1 Å². The summed E-state index contributed by atoms with van der Waals surface area (Å²) < 4.78 is 26.1. The number of pyridine rings is 2. The molecule has 24 heavy (non-hydrogen) atoms. The van der Waals surface area contributed by atoms with Crippen molar-refractivity contribution in [3.63, 3.8) is 0 Å². The van der Waals surface area contributed by atoms with Gasteiger partial charge in [-0.1, -0.05) is 6.07 Å². The van der Waals surface area contributed by atoms with Crippen LogP contribution in [0.4, 0.5) is 0 Å². The van der Waals surface area contributed by atoms with Gasteiger partial charge in [0.2, 0.25) is 10.0 Å². The minimum atomic E-state index is -3.74. The lowest BCUT2D eigenvalue weighted by atomic mass is 9.96. The zero-order valence-corrected chi connectivity index (χ0v) is 14.3. The Hall–Kier alpha value is -2.48. The van der Waals surface area contributed by atoms with Crippen molar-refractivity contribution in [3.8, 4) is 11.4 Å². The van der Waals surface area contributed by atoms with Crippen LogP contribution in [0.15, 0.2) is 29.2 Å². The van der Waals surface area contributed by atoms with E-state index in [9.17, 15) is 18.0 Å². The van der Waals surface area contributed by atoms with Gasteiger partial charge in [-0.3, -0.25) is 14.6 Å². The molecule has 2 aromatic rings. The molecule has 0 fully saturated rings. The Labute approximate surface area is 139 Å². The fraction of sp³-hybridized carbons (Fsp3) is 0.312. The number of carbonyl (C=O) groups is 1. The summed E-state index contributed by atoms with van der Waals surface area (Å²) in [6, 6.07) is 5.28. The molecular formula is C16H17N3O4S. The van der Waals surface area contributed by atoms with Gasteiger partial charge in [-0.05, 0) is 31.9 Å². The number of aryl methyl sites for hydroxylation is 1. The van der Waals surface area contributed by atoms with E-state index in [4.69, 9.17) is 0 Å². The molecule has 0 spiro atoms. The minimum Gasteiger partial charge on any atom is -0.342 e. The Balaban J connectivity index is 2.17. The number of hydrogen-bond donors (Lipinski definition) is 1. The van der Waals surface area contributed by atoms with Crippen LogP contribution >= 0.6 is 0 Å². The lowest BCUT2D eigenvalue weighted by Gasteiger charge is -2.27. The molecule has 1 aliphatic heterocycles. The third-order valence-electron chi connectivity index (χ3n) is 3.95. The molecule has 1 aliphatic rings. The number of nitrogens with one attached hydrogen (secondary N) is 1. The fourth-order valence-electron chi connectivity index (χ4n) is 2.89. The van der Waals surface area contributed by atoms with Gasteiger partial charge in [0.25, 0.3) is 5.91 Å². The van der Waals surface area contributed by atoms with Gasteiger partial charge >= 0.3 is 0 Å². The van der Waals surface area contributed by atoms with Gasteiger partial charge in [0, 0.05) is 24.0 Å². The van der Waals surface area contributed by atoms with Crippen LogP contribution in [0.1, 0.15) is 34.6 Å². The topological polar surface area (TPSA) is 98.1 Å². The Bertz CT molecular complexity index is 1010. The number of aromatic nitrogens is 2. The summed E-state index contributed by atoms with van der Waals surface area (Å²) in [5.74, 6) is -0.923. The second-order valence-corrected chi connectivity index (χ2v) is 7.81. The van der Waals surface area contributed by atoms with Gasteiger partial charge < -0.3 is 4.57 Å². The Morgan fingerprint density at radius 3 is 2.75 bits per heavy atom. The van der Waals surface area contributed by atoms with Crippen LogP contribution in [0.3, 0.4) is 0 Å². The van der Waals surface area contributed by atoms with Crippen molar-refractivity contribution in [3.05, 3.63) is 51.4 Å². The van der Waals surface area contributed by atoms with E-state index in [0.717, 1.165) is 23.2 Å². The molecule has 1 amide bonds. The maximum Gasteiger partial charge on any atom is 0.270 e. The maximum atomic E-state index is 12.3. The largest absolute Gasteiger partial charge is 0.342 e. The summed E-state index contributed by atoms with van der Waals surface area (Å²) >= 11 is 0.